The lowest BCUT2D eigenvalue weighted by molar-refractivity contribution is -0.231. The van der Waals surface area contributed by atoms with Crippen molar-refractivity contribution in [1.82, 2.24) is 0 Å². The summed E-state index contributed by atoms with van der Waals surface area (Å²) in [4.78, 5) is 0. The molecular formula is C18H35F3. The van der Waals surface area contributed by atoms with Crippen LogP contribution in [-0.4, -0.2) is 6.18 Å². The zero-order valence-corrected chi connectivity index (χ0v) is 14.5. The molecule has 0 aromatic heterocycles. The molecule has 3 heteroatoms. The SMILES string of the molecule is CCCCCCCC(CCCCCC)C(C)(C)C(F)(F)F. The van der Waals surface area contributed by atoms with Crippen LogP contribution in [0.2, 0.25) is 0 Å². The molecule has 0 nitrogen and oxygen atoms in total. The molecule has 0 rings (SSSR count). The van der Waals surface area contributed by atoms with Crippen molar-refractivity contribution in [1.29, 1.82) is 0 Å². The van der Waals surface area contributed by atoms with E-state index in [0.717, 1.165) is 57.8 Å². The van der Waals surface area contributed by atoms with Crippen molar-refractivity contribution in [2.75, 3.05) is 0 Å². The molecule has 0 N–H and O–H groups in total. The number of halogens is 3. The zero-order chi connectivity index (χ0) is 16.4. The Hall–Kier alpha value is -0.210. The van der Waals surface area contributed by atoms with E-state index in [1.54, 1.807) is 0 Å². The molecule has 0 aromatic rings. The van der Waals surface area contributed by atoms with Crippen LogP contribution in [0.25, 0.3) is 0 Å². The molecule has 1 atom stereocenters. The van der Waals surface area contributed by atoms with E-state index in [9.17, 15) is 13.2 Å². The highest BCUT2D eigenvalue weighted by Gasteiger charge is 2.51. The van der Waals surface area contributed by atoms with E-state index in [1.807, 2.05) is 0 Å². The lowest BCUT2D eigenvalue weighted by atomic mass is 9.73. The first-order chi connectivity index (χ1) is 9.77. The molecule has 0 amide bonds. The first kappa shape index (κ1) is 20.8. The molecule has 0 aliphatic rings. The van der Waals surface area contributed by atoms with E-state index in [4.69, 9.17) is 0 Å². The van der Waals surface area contributed by atoms with E-state index in [2.05, 4.69) is 13.8 Å². The Kier molecular flexibility index (Phi) is 10.4. The van der Waals surface area contributed by atoms with Gasteiger partial charge in [0, 0.05) is 0 Å². The second-order valence-corrected chi connectivity index (χ2v) is 6.97. The van der Waals surface area contributed by atoms with Gasteiger partial charge in [0.25, 0.3) is 0 Å². The van der Waals surface area contributed by atoms with Crippen molar-refractivity contribution >= 4 is 0 Å². The van der Waals surface area contributed by atoms with Crippen LogP contribution in [0.15, 0.2) is 0 Å². The Balaban J connectivity index is 4.40. The Morgan fingerprint density at radius 3 is 1.43 bits per heavy atom. The van der Waals surface area contributed by atoms with E-state index in [-0.39, 0.29) is 5.92 Å². The van der Waals surface area contributed by atoms with E-state index in [0.29, 0.717) is 0 Å². The lowest BCUT2D eigenvalue weighted by Crippen LogP contribution is -2.39. The first-order valence-corrected chi connectivity index (χ1v) is 8.84. The second kappa shape index (κ2) is 10.5. The molecule has 0 fully saturated rings. The molecule has 0 radical (unpaired) electrons. The van der Waals surface area contributed by atoms with Crippen LogP contribution >= 0.6 is 0 Å². The number of unbranched alkanes of at least 4 members (excludes halogenated alkanes) is 7. The predicted molar refractivity (Wildman–Crippen MR) is 85.5 cm³/mol. The first-order valence-electron chi connectivity index (χ1n) is 8.84. The summed E-state index contributed by atoms with van der Waals surface area (Å²) >= 11 is 0. The summed E-state index contributed by atoms with van der Waals surface area (Å²) in [5, 5.41) is 0. The Bertz CT molecular complexity index is 243. The van der Waals surface area contributed by atoms with E-state index < -0.39 is 11.6 Å². The number of alkyl halides is 3. The molecule has 0 saturated carbocycles. The number of rotatable bonds is 12. The van der Waals surface area contributed by atoms with Gasteiger partial charge in [-0.05, 0) is 18.8 Å². The largest absolute Gasteiger partial charge is 0.394 e. The van der Waals surface area contributed by atoms with Gasteiger partial charge in [0.2, 0.25) is 0 Å². The minimum atomic E-state index is -4.09. The summed E-state index contributed by atoms with van der Waals surface area (Å²) in [5.74, 6) is -0.226. The molecule has 0 heterocycles. The van der Waals surface area contributed by atoms with Gasteiger partial charge in [-0.15, -0.1) is 0 Å². The van der Waals surface area contributed by atoms with Crippen LogP contribution in [0.5, 0.6) is 0 Å². The van der Waals surface area contributed by atoms with Gasteiger partial charge in [-0.25, -0.2) is 0 Å². The minimum absolute atomic E-state index is 0.226. The quantitative estimate of drug-likeness (QED) is 0.327. The van der Waals surface area contributed by atoms with Crippen molar-refractivity contribution in [2.24, 2.45) is 11.3 Å². The van der Waals surface area contributed by atoms with Gasteiger partial charge in [0.15, 0.2) is 0 Å². The number of hydrogen-bond donors (Lipinski definition) is 0. The maximum Gasteiger partial charge on any atom is 0.394 e. The maximum absolute atomic E-state index is 13.3. The summed E-state index contributed by atoms with van der Waals surface area (Å²) < 4.78 is 39.9. The van der Waals surface area contributed by atoms with Crippen molar-refractivity contribution < 1.29 is 13.2 Å². The van der Waals surface area contributed by atoms with Crippen LogP contribution in [0, 0.1) is 11.3 Å². The second-order valence-electron chi connectivity index (χ2n) is 6.97. The summed E-state index contributed by atoms with van der Waals surface area (Å²) in [7, 11) is 0. The summed E-state index contributed by atoms with van der Waals surface area (Å²) in [6.45, 7) is 7.07. The van der Waals surface area contributed by atoms with Crippen molar-refractivity contribution in [3.63, 3.8) is 0 Å². The van der Waals surface area contributed by atoms with Crippen LogP contribution in [0.1, 0.15) is 98.3 Å². The third-order valence-corrected chi connectivity index (χ3v) is 4.81. The summed E-state index contributed by atoms with van der Waals surface area (Å²) in [6.07, 6.45) is 7.17. The molecular weight excluding hydrogens is 273 g/mol. The van der Waals surface area contributed by atoms with Gasteiger partial charge in [0.1, 0.15) is 0 Å². The summed E-state index contributed by atoms with van der Waals surface area (Å²) in [5.41, 5.74) is -1.55. The van der Waals surface area contributed by atoms with Crippen molar-refractivity contribution in [2.45, 2.75) is 105 Å². The fraction of sp³-hybridized carbons (Fsp3) is 1.00. The Labute approximate surface area is 129 Å². The third-order valence-electron chi connectivity index (χ3n) is 4.81. The fourth-order valence-corrected chi connectivity index (χ4v) is 2.91. The van der Waals surface area contributed by atoms with Crippen LogP contribution in [-0.2, 0) is 0 Å². The molecule has 128 valence electrons. The summed E-state index contributed by atoms with van der Waals surface area (Å²) in [6, 6.07) is 0. The average Bonchev–Trinajstić information content (AvgIpc) is 2.39. The van der Waals surface area contributed by atoms with Crippen LogP contribution in [0.3, 0.4) is 0 Å². The van der Waals surface area contributed by atoms with Crippen LogP contribution < -0.4 is 0 Å². The van der Waals surface area contributed by atoms with Gasteiger partial charge in [-0.1, -0.05) is 85.5 Å². The fourth-order valence-electron chi connectivity index (χ4n) is 2.91. The molecule has 0 saturated heterocycles. The average molecular weight is 308 g/mol. The zero-order valence-electron chi connectivity index (χ0n) is 14.5. The predicted octanol–water partition coefficient (Wildman–Crippen LogP) is 7.52. The van der Waals surface area contributed by atoms with Gasteiger partial charge in [-0.3, -0.25) is 0 Å². The molecule has 0 aliphatic carbocycles. The van der Waals surface area contributed by atoms with E-state index in [1.165, 1.54) is 26.7 Å². The Morgan fingerprint density at radius 1 is 0.667 bits per heavy atom. The van der Waals surface area contributed by atoms with Crippen molar-refractivity contribution in [3.05, 3.63) is 0 Å². The topological polar surface area (TPSA) is 0 Å². The molecule has 21 heavy (non-hydrogen) atoms. The molecule has 0 spiro atoms. The normalized spacial score (nSPS) is 14.4. The van der Waals surface area contributed by atoms with Crippen molar-refractivity contribution in [3.8, 4) is 0 Å². The molecule has 0 bridgehead atoms. The third kappa shape index (κ3) is 8.11. The Morgan fingerprint density at radius 2 is 1.05 bits per heavy atom. The van der Waals surface area contributed by atoms with E-state index >= 15 is 0 Å². The molecule has 1 unspecified atom stereocenters. The monoisotopic (exact) mass is 308 g/mol. The van der Waals surface area contributed by atoms with Gasteiger partial charge in [-0.2, -0.15) is 13.2 Å². The molecule has 0 aliphatic heterocycles. The maximum atomic E-state index is 13.3. The highest BCUT2D eigenvalue weighted by atomic mass is 19.4. The minimum Gasteiger partial charge on any atom is -0.171 e. The smallest absolute Gasteiger partial charge is 0.171 e. The van der Waals surface area contributed by atoms with Crippen LogP contribution in [0.4, 0.5) is 13.2 Å². The number of hydrogen-bond acceptors (Lipinski definition) is 0. The standard InChI is InChI=1S/C18H35F3/c1-5-7-9-11-13-15-16(14-12-10-8-6-2)17(3,4)18(19,20)21/h16H,5-15H2,1-4H3. The molecule has 0 aromatic carbocycles. The van der Waals surface area contributed by atoms with Gasteiger partial charge in [0.05, 0.1) is 5.41 Å². The highest BCUT2D eigenvalue weighted by molar-refractivity contribution is 4.85. The lowest BCUT2D eigenvalue weighted by Gasteiger charge is -2.36. The highest BCUT2D eigenvalue weighted by Crippen LogP contribution is 2.47. The van der Waals surface area contributed by atoms with Gasteiger partial charge >= 0.3 is 6.18 Å². The van der Waals surface area contributed by atoms with Gasteiger partial charge < -0.3 is 0 Å².